The highest BCUT2D eigenvalue weighted by Gasteiger charge is 2.11. The molecule has 0 aliphatic carbocycles. The molecule has 0 spiro atoms. The van der Waals surface area contributed by atoms with E-state index >= 15 is 0 Å². The van der Waals surface area contributed by atoms with Gasteiger partial charge in [-0.3, -0.25) is 4.79 Å². The molecule has 106 valence electrons. The molecule has 1 aromatic carbocycles. The van der Waals surface area contributed by atoms with E-state index in [0.29, 0.717) is 17.1 Å². The number of nitriles is 1. The lowest BCUT2D eigenvalue weighted by molar-refractivity contribution is 0.102. The Bertz CT molecular complexity index is 690. The monoisotopic (exact) mass is 281 g/mol. The maximum Gasteiger partial charge on any atom is 0.274 e. The van der Waals surface area contributed by atoms with E-state index in [4.69, 9.17) is 5.26 Å². The zero-order valence-electron chi connectivity index (χ0n) is 11.8. The zero-order valence-corrected chi connectivity index (χ0v) is 11.8. The van der Waals surface area contributed by atoms with Gasteiger partial charge in [-0.2, -0.15) is 5.26 Å². The average Bonchev–Trinajstić information content (AvgIpc) is 2.47. The van der Waals surface area contributed by atoms with Gasteiger partial charge in [-0.25, -0.2) is 9.97 Å². The quantitative estimate of drug-likeness (QED) is 0.898. The summed E-state index contributed by atoms with van der Waals surface area (Å²) in [5.41, 5.74) is 1.10. The molecule has 0 saturated carbocycles. The highest BCUT2D eigenvalue weighted by molar-refractivity contribution is 6.03. The van der Waals surface area contributed by atoms with E-state index in [-0.39, 0.29) is 17.6 Å². The van der Waals surface area contributed by atoms with Crippen molar-refractivity contribution in [2.24, 2.45) is 0 Å². The van der Waals surface area contributed by atoms with E-state index in [1.54, 1.807) is 30.3 Å². The fraction of sp³-hybridized carbons (Fsp3) is 0.200. The van der Waals surface area contributed by atoms with Crippen molar-refractivity contribution in [3.8, 4) is 6.07 Å². The van der Waals surface area contributed by atoms with Crippen molar-refractivity contribution in [1.29, 1.82) is 5.26 Å². The number of rotatable bonds is 4. The molecule has 2 N–H and O–H groups in total. The highest BCUT2D eigenvalue weighted by Crippen LogP contribution is 2.15. The van der Waals surface area contributed by atoms with Gasteiger partial charge in [0, 0.05) is 12.1 Å². The van der Waals surface area contributed by atoms with Crippen LogP contribution >= 0.6 is 0 Å². The largest absolute Gasteiger partial charge is 0.368 e. The van der Waals surface area contributed by atoms with Crippen molar-refractivity contribution in [3.05, 3.63) is 47.9 Å². The molecule has 1 heterocycles. The third kappa shape index (κ3) is 3.76. The standard InChI is InChI=1S/C15H15N5O/c1-10(2)19-14-7-13(17-9-18-14)15(21)20-12-6-4-3-5-11(12)8-16/h3-7,9-10H,1-2H3,(H,20,21)(H,17,18,19). The number of hydrogen-bond donors (Lipinski definition) is 2. The van der Waals surface area contributed by atoms with Crippen LogP contribution in [0, 0.1) is 11.3 Å². The van der Waals surface area contributed by atoms with E-state index in [1.807, 2.05) is 19.9 Å². The van der Waals surface area contributed by atoms with Crippen LogP contribution in [0.3, 0.4) is 0 Å². The molecule has 21 heavy (non-hydrogen) atoms. The summed E-state index contributed by atoms with van der Waals surface area (Å²) < 4.78 is 0. The Labute approximate surface area is 122 Å². The van der Waals surface area contributed by atoms with Gasteiger partial charge in [-0.05, 0) is 26.0 Å². The lowest BCUT2D eigenvalue weighted by Gasteiger charge is -2.10. The number of carbonyl (C=O) groups excluding carboxylic acids is 1. The van der Waals surface area contributed by atoms with Crippen molar-refractivity contribution in [3.63, 3.8) is 0 Å². The molecule has 0 saturated heterocycles. The van der Waals surface area contributed by atoms with E-state index in [9.17, 15) is 4.79 Å². The van der Waals surface area contributed by atoms with Crippen LogP contribution in [0.25, 0.3) is 0 Å². The van der Waals surface area contributed by atoms with Crippen molar-refractivity contribution >= 4 is 17.4 Å². The Morgan fingerprint density at radius 2 is 2.05 bits per heavy atom. The van der Waals surface area contributed by atoms with Gasteiger partial charge in [0.15, 0.2) is 0 Å². The Kier molecular flexibility index (Phi) is 4.46. The molecule has 2 aromatic rings. The number of benzene rings is 1. The van der Waals surface area contributed by atoms with Crippen LogP contribution in [0.5, 0.6) is 0 Å². The van der Waals surface area contributed by atoms with Crippen molar-refractivity contribution in [1.82, 2.24) is 9.97 Å². The summed E-state index contributed by atoms with van der Waals surface area (Å²) in [7, 11) is 0. The number of carbonyl (C=O) groups is 1. The normalized spacial score (nSPS) is 10.0. The van der Waals surface area contributed by atoms with Crippen LogP contribution in [0.15, 0.2) is 36.7 Å². The van der Waals surface area contributed by atoms with Gasteiger partial charge in [0.25, 0.3) is 5.91 Å². The van der Waals surface area contributed by atoms with Gasteiger partial charge < -0.3 is 10.6 Å². The third-order valence-electron chi connectivity index (χ3n) is 2.63. The van der Waals surface area contributed by atoms with Gasteiger partial charge >= 0.3 is 0 Å². The smallest absolute Gasteiger partial charge is 0.274 e. The molecule has 6 nitrogen and oxygen atoms in total. The molecular formula is C15H15N5O. The second kappa shape index (κ2) is 6.48. The van der Waals surface area contributed by atoms with E-state index < -0.39 is 0 Å². The second-order valence-corrected chi connectivity index (χ2v) is 4.70. The average molecular weight is 281 g/mol. The van der Waals surface area contributed by atoms with Crippen LogP contribution in [0.1, 0.15) is 29.9 Å². The van der Waals surface area contributed by atoms with Crippen LogP contribution < -0.4 is 10.6 Å². The van der Waals surface area contributed by atoms with Crippen molar-refractivity contribution in [2.45, 2.75) is 19.9 Å². The number of para-hydroxylation sites is 1. The highest BCUT2D eigenvalue weighted by atomic mass is 16.1. The Balaban J connectivity index is 2.19. The number of nitrogens with zero attached hydrogens (tertiary/aromatic N) is 3. The molecule has 1 aromatic heterocycles. The first-order chi connectivity index (χ1) is 10.1. The number of nitrogens with one attached hydrogen (secondary N) is 2. The van der Waals surface area contributed by atoms with Crippen LogP contribution in [-0.4, -0.2) is 21.9 Å². The summed E-state index contributed by atoms with van der Waals surface area (Å²) in [6.45, 7) is 3.95. The minimum absolute atomic E-state index is 0.204. The molecule has 0 radical (unpaired) electrons. The van der Waals surface area contributed by atoms with E-state index in [0.717, 1.165) is 0 Å². The first-order valence-electron chi connectivity index (χ1n) is 6.49. The lowest BCUT2D eigenvalue weighted by atomic mass is 10.2. The molecule has 0 atom stereocenters. The van der Waals surface area contributed by atoms with Gasteiger partial charge in [-0.1, -0.05) is 12.1 Å². The predicted molar refractivity (Wildman–Crippen MR) is 79.9 cm³/mol. The summed E-state index contributed by atoms with van der Waals surface area (Å²) in [6, 6.07) is 10.6. The Morgan fingerprint density at radius 3 is 2.76 bits per heavy atom. The van der Waals surface area contributed by atoms with Crippen LogP contribution in [0.2, 0.25) is 0 Å². The lowest BCUT2D eigenvalue weighted by Crippen LogP contribution is -2.17. The van der Waals surface area contributed by atoms with Gasteiger partial charge in [-0.15, -0.1) is 0 Å². The van der Waals surface area contributed by atoms with Crippen LogP contribution in [-0.2, 0) is 0 Å². The second-order valence-electron chi connectivity index (χ2n) is 4.70. The fourth-order valence-corrected chi connectivity index (χ4v) is 1.73. The van der Waals surface area contributed by atoms with Gasteiger partial charge in [0.2, 0.25) is 0 Å². The molecule has 6 heteroatoms. The van der Waals surface area contributed by atoms with Crippen molar-refractivity contribution in [2.75, 3.05) is 10.6 Å². The van der Waals surface area contributed by atoms with E-state index in [1.165, 1.54) is 6.33 Å². The SMILES string of the molecule is CC(C)Nc1cc(C(=O)Nc2ccccc2C#N)ncn1. The molecular weight excluding hydrogens is 266 g/mol. The number of amides is 1. The fourth-order valence-electron chi connectivity index (χ4n) is 1.73. The van der Waals surface area contributed by atoms with Gasteiger partial charge in [0.05, 0.1) is 11.3 Å². The summed E-state index contributed by atoms with van der Waals surface area (Å²) in [5, 5.41) is 14.8. The molecule has 0 aliphatic rings. The number of aromatic nitrogens is 2. The number of anilines is 2. The topological polar surface area (TPSA) is 90.7 Å². The molecule has 0 unspecified atom stereocenters. The maximum atomic E-state index is 12.2. The molecule has 0 bridgehead atoms. The molecule has 2 rings (SSSR count). The number of hydrogen-bond acceptors (Lipinski definition) is 5. The molecule has 0 aliphatic heterocycles. The van der Waals surface area contributed by atoms with Crippen LogP contribution in [0.4, 0.5) is 11.5 Å². The third-order valence-corrected chi connectivity index (χ3v) is 2.63. The van der Waals surface area contributed by atoms with Crippen molar-refractivity contribution < 1.29 is 4.79 Å². The van der Waals surface area contributed by atoms with E-state index in [2.05, 4.69) is 20.6 Å². The Morgan fingerprint density at radius 1 is 1.29 bits per heavy atom. The molecule has 0 fully saturated rings. The first kappa shape index (κ1) is 14.5. The summed E-state index contributed by atoms with van der Waals surface area (Å²) in [5.74, 6) is 0.200. The zero-order chi connectivity index (χ0) is 15.2. The van der Waals surface area contributed by atoms with Gasteiger partial charge in [0.1, 0.15) is 23.9 Å². The summed E-state index contributed by atoms with van der Waals surface area (Å²) >= 11 is 0. The predicted octanol–water partition coefficient (Wildman–Crippen LogP) is 2.42. The maximum absolute atomic E-state index is 12.2. The minimum atomic E-state index is -0.382. The summed E-state index contributed by atoms with van der Waals surface area (Å²) in [6.07, 6.45) is 1.33. The Hall–Kier alpha value is -2.94. The minimum Gasteiger partial charge on any atom is -0.368 e. The summed E-state index contributed by atoms with van der Waals surface area (Å²) in [4.78, 5) is 20.2. The first-order valence-corrected chi connectivity index (χ1v) is 6.49. The molecule has 1 amide bonds.